The van der Waals surface area contributed by atoms with Crippen molar-refractivity contribution in [3.8, 4) is 0 Å². The predicted octanol–water partition coefficient (Wildman–Crippen LogP) is 3.71. The van der Waals surface area contributed by atoms with Crippen LogP contribution in [0.15, 0.2) is 17.1 Å². The number of hydrogen-bond donors (Lipinski definition) is 1. The minimum absolute atomic E-state index is 0.445. The Labute approximate surface area is 125 Å². The highest BCUT2D eigenvalue weighted by Gasteiger charge is 2.17. The number of aromatic nitrogens is 2. The fraction of sp³-hybridized carbons (Fsp3) is 0.667. The second-order valence-electron chi connectivity index (χ2n) is 4.76. The van der Waals surface area contributed by atoms with E-state index in [0.29, 0.717) is 6.04 Å². The van der Waals surface area contributed by atoms with Gasteiger partial charge in [-0.1, -0.05) is 19.9 Å². The molecule has 1 unspecified atom stereocenters. The molecule has 0 radical (unpaired) electrons. The molecule has 0 saturated heterocycles. The van der Waals surface area contributed by atoms with Gasteiger partial charge < -0.3 is 5.32 Å². The number of halogens is 1. The molecule has 0 fully saturated rings. The monoisotopic (exact) mass is 327 g/mol. The van der Waals surface area contributed by atoms with Crippen LogP contribution in [0.2, 0.25) is 0 Å². The number of hydrogen-bond acceptors (Lipinski definition) is 2. The number of aryl methyl sites for hydroxylation is 2. The molecule has 0 aliphatic rings. The van der Waals surface area contributed by atoms with Crippen LogP contribution in [0.5, 0.6) is 0 Å². The fourth-order valence-electron chi connectivity index (χ4n) is 2.23. The van der Waals surface area contributed by atoms with Crippen LogP contribution in [0.4, 0.5) is 0 Å². The van der Waals surface area contributed by atoms with Gasteiger partial charge in [-0.05, 0) is 48.7 Å². The Morgan fingerprint density at radius 2 is 2.16 bits per heavy atom. The van der Waals surface area contributed by atoms with Crippen LogP contribution in [0, 0.1) is 0 Å². The summed E-state index contributed by atoms with van der Waals surface area (Å²) in [4.78, 5) is 0. The first-order valence-corrected chi connectivity index (χ1v) is 8.05. The summed E-state index contributed by atoms with van der Waals surface area (Å²) in [5, 5.41) is 8.25. The van der Waals surface area contributed by atoms with Crippen LogP contribution in [0.1, 0.15) is 45.0 Å². The Morgan fingerprint density at radius 1 is 1.42 bits per heavy atom. The van der Waals surface area contributed by atoms with Gasteiger partial charge in [-0.2, -0.15) is 5.10 Å². The second-order valence-corrected chi connectivity index (χ2v) is 5.55. The minimum Gasteiger partial charge on any atom is -0.313 e. The van der Waals surface area contributed by atoms with E-state index >= 15 is 0 Å². The molecule has 19 heavy (non-hydrogen) atoms. The van der Waals surface area contributed by atoms with Crippen LogP contribution in [-0.4, -0.2) is 22.4 Å². The molecule has 3 nitrogen and oxygen atoms in total. The molecule has 1 aromatic rings. The average Bonchev–Trinajstić information content (AvgIpc) is 2.72. The Kier molecular flexibility index (Phi) is 7.39. The Balaban J connectivity index is 2.87. The first-order chi connectivity index (χ1) is 9.17. The topological polar surface area (TPSA) is 29.9 Å². The predicted molar refractivity (Wildman–Crippen MR) is 85.6 cm³/mol. The van der Waals surface area contributed by atoms with E-state index in [1.165, 1.54) is 10.2 Å². The summed E-state index contributed by atoms with van der Waals surface area (Å²) in [7, 11) is 0. The highest BCUT2D eigenvalue weighted by Crippen LogP contribution is 2.24. The zero-order chi connectivity index (χ0) is 14.3. The second kappa shape index (κ2) is 8.54. The molecule has 4 heteroatoms. The number of nitrogens with one attached hydrogen (secondary N) is 1. The maximum atomic E-state index is 4.66. The zero-order valence-electron chi connectivity index (χ0n) is 12.4. The highest BCUT2D eigenvalue weighted by molar-refractivity contribution is 9.10. The number of rotatable bonds is 9. The van der Waals surface area contributed by atoms with Crippen molar-refractivity contribution >= 4 is 15.9 Å². The van der Waals surface area contributed by atoms with Gasteiger partial charge in [0.25, 0.3) is 0 Å². The Morgan fingerprint density at radius 3 is 2.68 bits per heavy atom. The molecular formula is C15H26BrN3. The van der Waals surface area contributed by atoms with Crippen molar-refractivity contribution in [3.63, 3.8) is 0 Å². The fourth-order valence-corrected chi connectivity index (χ4v) is 2.96. The lowest BCUT2D eigenvalue weighted by molar-refractivity contribution is 0.488. The lowest BCUT2D eigenvalue weighted by atomic mass is 10.1. The molecule has 1 rings (SSSR count). The molecule has 1 heterocycles. The van der Waals surface area contributed by atoms with E-state index in [1.807, 2.05) is 6.08 Å². The van der Waals surface area contributed by atoms with Gasteiger partial charge in [-0.15, -0.1) is 6.58 Å². The Hall–Kier alpha value is -0.610. The molecule has 1 aromatic heterocycles. The molecule has 0 aliphatic heterocycles. The summed E-state index contributed by atoms with van der Waals surface area (Å²) in [6, 6.07) is 0.445. The molecule has 0 saturated carbocycles. The van der Waals surface area contributed by atoms with E-state index in [4.69, 9.17) is 0 Å². The quantitative estimate of drug-likeness (QED) is 0.700. The van der Waals surface area contributed by atoms with E-state index in [0.717, 1.165) is 44.5 Å². The summed E-state index contributed by atoms with van der Waals surface area (Å²) < 4.78 is 3.30. The standard InChI is InChI=1S/C15H26BrN3/c1-5-9-12(17-10-6-2)11-14-15(16)13(7-3)18-19(14)8-4/h5,12,17H,1,6-11H2,2-4H3. The summed E-state index contributed by atoms with van der Waals surface area (Å²) in [5.74, 6) is 0. The van der Waals surface area contributed by atoms with Crippen LogP contribution < -0.4 is 5.32 Å². The van der Waals surface area contributed by atoms with Gasteiger partial charge >= 0.3 is 0 Å². The van der Waals surface area contributed by atoms with Crippen LogP contribution in [0.3, 0.4) is 0 Å². The van der Waals surface area contributed by atoms with E-state index in [9.17, 15) is 0 Å². The third-order valence-corrected chi connectivity index (χ3v) is 4.18. The van der Waals surface area contributed by atoms with E-state index in [2.05, 4.69) is 58.4 Å². The van der Waals surface area contributed by atoms with Gasteiger partial charge in [0.2, 0.25) is 0 Å². The maximum absolute atomic E-state index is 4.66. The van der Waals surface area contributed by atoms with Crippen LogP contribution in [0.25, 0.3) is 0 Å². The maximum Gasteiger partial charge on any atom is 0.0766 e. The average molecular weight is 328 g/mol. The van der Waals surface area contributed by atoms with Gasteiger partial charge in [-0.3, -0.25) is 4.68 Å². The normalized spacial score (nSPS) is 12.6. The van der Waals surface area contributed by atoms with E-state index in [-0.39, 0.29) is 0 Å². The van der Waals surface area contributed by atoms with Crippen LogP contribution in [-0.2, 0) is 19.4 Å². The van der Waals surface area contributed by atoms with Crippen molar-refractivity contribution in [2.45, 2.75) is 59.0 Å². The molecule has 108 valence electrons. The van der Waals surface area contributed by atoms with Crippen molar-refractivity contribution in [1.29, 1.82) is 0 Å². The summed E-state index contributed by atoms with van der Waals surface area (Å²) in [6.45, 7) is 12.3. The molecule has 0 spiro atoms. The lowest BCUT2D eigenvalue weighted by Gasteiger charge is -2.17. The highest BCUT2D eigenvalue weighted by atomic mass is 79.9. The van der Waals surface area contributed by atoms with Gasteiger partial charge in [0.05, 0.1) is 15.9 Å². The first-order valence-electron chi connectivity index (χ1n) is 7.26. The van der Waals surface area contributed by atoms with Crippen molar-refractivity contribution in [2.75, 3.05) is 6.54 Å². The molecule has 1 N–H and O–H groups in total. The first kappa shape index (κ1) is 16.4. The third kappa shape index (κ3) is 4.46. The van der Waals surface area contributed by atoms with Crippen molar-refractivity contribution in [2.24, 2.45) is 0 Å². The summed E-state index contributed by atoms with van der Waals surface area (Å²) in [5.41, 5.74) is 2.46. The van der Waals surface area contributed by atoms with Gasteiger partial charge in [-0.25, -0.2) is 0 Å². The molecule has 0 aromatic carbocycles. The molecule has 0 aliphatic carbocycles. The largest absolute Gasteiger partial charge is 0.313 e. The van der Waals surface area contributed by atoms with Gasteiger partial charge in [0.15, 0.2) is 0 Å². The van der Waals surface area contributed by atoms with Crippen molar-refractivity contribution in [1.82, 2.24) is 15.1 Å². The molecule has 0 bridgehead atoms. The SMILES string of the molecule is C=CCC(Cc1c(Br)c(CC)nn1CC)NCCC. The van der Waals surface area contributed by atoms with E-state index < -0.39 is 0 Å². The smallest absolute Gasteiger partial charge is 0.0766 e. The minimum atomic E-state index is 0.445. The molecule has 0 amide bonds. The van der Waals surface area contributed by atoms with Gasteiger partial charge in [0, 0.05) is 19.0 Å². The Bertz CT molecular complexity index is 398. The lowest BCUT2D eigenvalue weighted by Crippen LogP contribution is -2.32. The van der Waals surface area contributed by atoms with Crippen molar-refractivity contribution < 1.29 is 0 Å². The van der Waals surface area contributed by atoms with Gasteiger partial charge in [0.1, 0.15) is 0 Å². The third-order valence-electron chi connectivity index (χ3n) is 3.27. The number of nitrogens with zero attached hydrogens (tertiary/aromatic N) is 2. The molecule has 1 atom stereocenters. The summed E-state index contributed by atoms with van der Waals surface area (Å²) in [6.07, 6.45) is 6.10. The van der Waals surface area contributed by atoms with Crippen molar-refractivity contribution in [3.05, 3.63) is 28.5 Å². The summed E-state index contributed by atoms with van der Waals surface area (Å²) >= 11 is 3.71. The zero-order valence-corrected chi connectivity index (χ0v) is 14.0. The molecular weight excluding hydrogens is 302 g/mol. The van der Waals surface area contributed by atoms with Crippen LogP contribution >= 0.6 is 15.9 Å². The van der Waals surface area contributed by atoms with E-state index in [1.54, 1.807) is 0 Å².